The Kier molecular flexibility index (Phi) is 44.5. The molecule has 0 aromatic rings. The first-order chi connectivity index (χ1) is 29.0. The van der Waals surface area contributed by atoms with Crippen molar-refractivity contribution >= 4 is 17.9 Å². The van der Waals surface area contributed by atoms with Crippen molar-refractivity contribution in [3.05, 3.63) is 85.1 Å². The number of allylic oxidation sites excluding steroid dienone is 14. The Morgan fingerprint density at radius 2 is 0.729 bits per heavy atom. The number of carbonyl (C=O) groups excluding carboxylic acids is 3. The van der Waals surface area contributed by atoms with Crippen LogP contribution in [0.1, 0.15) is 213 Å². The molecular formula is C53H88O6. The predicted octanol–water partition coefficient (Wildman–Crippen LogP) is 15.6. The molecule has 336 valence electrons. The van der Waals surface area contributed by atoms with Gasteiger partial charge in [0.05, 0.1) is 0 Å². The van der Waals surface area contributed by atoms with Gasteiger partial charge in [-0.15, -0.1) is 0 Å². The summed E-state index contributed by atoms with van der Waals surface area (Å²) < 4.78 is 16.7. The van der Waals surface area contributed by atoms with Crippen molar-refractivity contribution < 1.29 is 28.6 Å². The highest BCUT2D eigenvalue weighted by Crippen LogP contribution is 2.13. The first-order valence-electron chi connectivity index (χ1n) is 24.2. The van der Waals surface area contributed by atoms with Crippen molar-refractivity contribution in [2.45, 2.75) is 219 Å². The van der Waals surface area contributed by atoms with Gasteiger partial charge in [0.15, 0.2) is 6.10 Å². The number of ether oxygens (including phenoxy) is 3. The molecule has 0 spiro atoms. The SMILES string of the molecule is CC\C=C/C=C\C=C/C=C\C=C/CCCCCC(=O)OC(COC(=O)CCCCCCCCC/C=C\C/C=C\CCCCC)COC(=O)CCCCCCCCCCC. The van der Waals surface area contributed by atoms with Crippen molar-refractivity contribution in [1.29, 1.82) is 0 Å². The van der Waals surface area contributed by atoms with Crippen LogP contribution in [0.25, 0.3) is 0 Å². The standard InChI is InChI=1S/C53H88O6/c1-4-7-10-13-16-19-21-23-25-26-28-29-31-34-37-40-43-46-52(55)58-49-50(48-57-51(54)45-42-39-36-33-18-15-12-9-6-3)59-53(56)47-44-41-38-35-32-30-27-24-22-20-17-14-11-8-5-2/h8,11,14,16-17,19-20,22-25,27,30,32,50H,4-7,9-10,12-13,15,18,21,26,28-29,31,33-49H2,1-3H3/b11-8-,17-14-,19-16-,22-20-,25-23-,27-24-,32-30-. The highest BCUT2D eigenvalue weighted by molar-refractivity contribution is 5.71. The molecule has 0 aliphatic rings. The molecule has 0 bridgehead atoms. The number of esters is 3. The van der Waals surface area contributed by atoms with E-state index in [1.54, 1.807) is 0 Å². The Morgan fingerprint density at radius 1 is 0.373 bits per heavy atom. The maximum atomic E-state index is 12.7. The summed E-state index contributed by atoms with van der Waals surface area (Å²) in [6.07, 6.45) is 59.9. The molecular weight excluding hydrogens is 733 g/mol. The van der Waals surface area contributed by atoms with E-state index in [4.69, 9.17) is 14.2 Å². The van der Waals surface area contributed by atoms with E-state index in [1.165, 1.54) is 89.9 Å². The second-order valence-corrected chi connectivity index (χ2v) is 15.8. The van der Waals surface area contributed by atoms with E-state index in [9.17, 15) is 14.4 Å². The smallest absolute Gasteiger partial charge is 0.306 e. The van der Waals surface area contributed by atoms with Crippen LogP contribution in [0.4, 0.5) is 0 Å². The molecule has 0 rings (SSSR count). The van der Waals surface area contributed by atoms with E-state index in [1.807, 2.05) is 48.6 Å². The number of hydrogen-bond donors (Lipinski definition) is 0. The average Bonchev–Trinajstić information content (AvgIpc) is 3.23. The van der Waals surface area contributed by atoms with Crippen LogP contribution in [-0.4, -0.2) is 37.2 Å². The lowest BCUT2D eigenvalue weighted by Gasteiger charge is -2.18. The summed E-state index contributed by atoms with van der Waals surface area (Å²) in [5.74, 6) is -0.953. The third kappa shape index (κ3) is 45.5. The van der Waals surface area contributed by atoms with Gasteiger partial charge in [0, 0.05) is 19.3 Å². The number of carbonyl (C=O) groups is 3. The first kappa shape index (κ1) is 55.6. The summed E-state index contributed by atoms with van der Waals surface area (Å²) in [7, 11) is 0. The van der Waals surface area contributed by atoms with Crippen molar-refractivity contribution in [3.8, 4) is 0 Å². The van der Waals surface area contributed by atoms with Gasteiger partial charge in [-0.1, -0.05) is 209 Å². The molecule has 59 heavy (non-hydrogen) atoms. The molecule has 0 fully saturated rings. The predicted molar refractivity (Wildman–Crippen MR) is 251 cm³/mol. The van der Waals surface area contributed by atoms with E-state index in [2.05, 4.69) is 57.2 Å². The molecule has 0 amide bonds. The molecule has 0 saturated carbocycles. The lowest BCUT2D eigenvalue weighted by atomic mass is 10.1. The van der Waals surface area contributed by atoms with Crippen molar-refractivity contribution in [1.82, 2.24) is 0 Å². The molecule has 0 radical (unpaired) electrons. The van der Waals surface area contributed by atoms with Crippen LogP contribution in [0.15, 0.2) is 85.1 Å². The van der Waals surface area contributed by atoms with Gasteiger partial charge in [-0.05, 0) is 70.6 Å². The van der Waals surface area contributed by atoms with Gasteiger partial charge in [0.1, 0.15) is 13.2 Å². The maximum Gasteiger partial charge on any atom is 0.306 e. The zero-order chi connectivity index (χ0) is 43.0. The summed E-state index contributed by atoms with van der Waals surface area (Å²) in [4.78, 5) is 37.8. The molecule has 0 aromatic heterocycles. The second kappa shape index (κ2) is 47.3. The van der Waals surface area contributed by atoms with Gasteiger partial charge in [-0.3, -0.25) is 14.4 Å². The molecule has 6 nitrogen and oxygen atoms in total. The molecule has 0 aromatic carbocycles. The highest BCUT2D eigenvalue weighted by atomic mass is 16.6. The summed E-state index contributed by atoms with van der Waals surface area (Å²) in [5.41, 5.74) is 0. The average molecular weight is 821 g/mol. The molecule has 0 N–H and O–H groups in total. The topological polar surface area (TPSA) is 78.9 Å². The monoisotopic (exact) mass is 821 g/mol. The van der Waals surface area contributed by atoms with Crippen LogP contribution in [0, 0.1) is 0 Å². The van der Waals surface area contributed by atoms with Crippen LogP contribution in [-0.2, 0) is 28.6 Å². The molecule has 6 heteroatoms. The van der Waals surface area contributed by atoms with Crippen molar-refractivity contribution in [2.75, 3.05) is 13.2 Å². The Hall–Kier alpha value is -3.41. The fourth-order valence-electron chi connectivity index (χ4n) is 6.37. The number of rotatable bonds is 42. The zero-order valence-corrected chi connectivity index (χ0v) is 38.2. The Balaban J connectivity index is 4.44. The summed E-state index contributed by atoms with van der Waals surface area (Å²) in [5, 5.41) is 0. The molecule has 1 atom stereocenters. The third-order valence-corrected chi connectivity index (χ3v) is 10.0. The minimum Gasteiger partial charge on any atom is -0.462 e. The van der Waals surface area contributed by atoms with Gasteiger partial charge in [-0.25, -0.2) is 0 Å². The highest BCUT2D eigenvalue weighted by Gasteiger charge is 2.19. The quantitative estimate of drug-likeness (QED) is 0.0201. The summed E-state index contributed by atoms with van der Waals surface area (Å²) in [6.45, 7) is 6.39. The van der Waals surface area contributed by atoms with E-state index >= 15 is 0 Å². The van der Waals surface area contributed by atoms with Gasteiger partial charge >= 0.3 is 17.9 Å². The van der Waals surface area contributed by atoms with E-state index in [-0.39, 0.29) is 37.5 Å². The van der Waals surface area contributed by atoms with Crippen LogP contribution in [0.5, 0.6) is 0 Å². The molecule has 0 heterocycles. The maximum absolute atomic E-state index is 12.7. The van der Waals surface area contributed by atoms with Crippen molar-refractivity contribution in [3.63, 3.8) is 0 Å². The molecule has 1 unspecified atom stereocenters. The normalized spacial score (nSPS) is 12.8. The Morgan fingerprint density at radius 3 is 1.22 bits per heavy atom. The summed E-state index contributed by atoms with van der Waals surface area (Å²) >= 11 is 0. The molecule has 0 aliphatic heterocycles. The van der Waals surface area contributed by atoms with E-state index in [0.29, 0.717) is 19.3 Å². The number of unbranched alkanes of at least 4 members (excludes halogenated alkanes) is 21. The van der Waals surface area contributed by atoms with Crippen LogP contribution < -0.4 is 0 Å². The number of hydrogen-bond acceptors (Lipinski definition) is 6. The Bertz CT molecular complexity index is 1170. The van der Waals surface area contributed by atoms with Gasteiger partial charge in [-0.2, -0.15) is 0 Å². The fraction of sp³-hybridized carbons (Fsp3) is 0.679. The fourth-order valence-corrected chi connectivity index (χ4v) is 6.37. The minimum absolute atomic E-state index is 0.0963. The lowest BCUT2D eigenvalue weighted by Crippen LogP contribution is -2.30. The third-order valence-electron chi connectivity index (χ3n) is 10.0. The van der Waals surface area contributed by atoms with Crippen LogP contribution in [0.3, 0.4) is 0 Å². The lowest BCUT2D eigenvalue weighted by molar-refractivity contribution is -0.167. The Labute approximate surface area is 363 Å². The van der Waals surface area contributed by atoms with E-state index < -0.39 is 6.10 Å². The van der Waals surface area contributed by atoms with Gasteiger partial charge in [0.2, 0.25) is 0 Å². The largest absolute Gasteiger partial charge is 0.462 e. The molecule has 0 saturated heterocycles. The van der Waals surface area contributed by atoms with Gasteiger partial charge in [0.25, 0.3) is 0 Å². The van der Waals surface area contributed by atoms with Crippen LogP contribution >= 0.6 is 0 Å². The first-order valence-corrected chi connectivity index (χ1v) is 24.2. The van der Waals surface area contributed by atoms with Gasteiger partial charge < -0.3 is 14.2 Å². The molecule has 0 aliphatic carbocycles. The second-order valence-electron chi connectivity index (χ2n) is 15.8. The minimum atomic E-state index is -0.799. The zero-order valence-electron chi connectivity index (χ0n) is 38.2. The summed E-state index contributed by atoms with van der Waals surface area (Å²) in [6, 6.07) is 0. The van der Waals surface area contributed by atoms with Crippen LogP contribution in [0.2, 0.25) is 0 Å². The van der Waals surface area contributed by atoms with E-state index in [0.717, 1.165) is 77.0 Å². The van der Waals surface area contributed by atoms with Crippen molar-refractivity contribution in [2.24, 2.45) is 0 Å².